The van der Waals surface area contributed by atoms with Crippen LogP contribution in [0.3, 0.4) is 0 Å². The molecule has 2 aliphatic rings. The number of pyridine rings is 1. The van der Waals surface area contributed by atoms with Crippen molar-refractivity contribution in [2.24, 2.45) is 0 Å². The first-order valence-electron chi connectivity index (χ1n) is 17.2. The summed E-state index contributed by atoms with van der Waals surface area (Å²) in [7, 11) is -4.00. The van der Waals surface area contributed by atoms with E-state index in [1.165, 1.54) is 18.2 Å². The minimum Gasteiger partial charge on any atom is -0.492 e. The van der Waals surface area contributed by atoms with Gasteiger partial charge in [0.25, 0.3) is 5.91 Å². The normalized spacial score (nSPS) is 17.4. The highest BCUT2D eigenvalue weighted by Crippen LogP contribution is 2.40. The van der Waals surface area contributed by atoms with E-state index in [1.807, 2.05) is 37.3 Å². The molecule has 3 heterocycles. The zero-order valence-electron chi connectivity index (χ0n) is 29.0. The van der Waals surface area contributed by atoms with Crippen molar-refractivity contribution in [1.29, 1.82) is 0 Å². The van der Waals surface area contributed by atoms with Gasteiger partial charge in [0, 0.05) is 48.4 Å². The number of morpholine rings is 1. The van der Waals surface area contributed by atoms with Gasteiger partial charge in [-0.15, -0.1) is 0 Å². The molecule has 51 heavy (non-hydrogen) atoms. The van der Waals surface area contributed by atoms with Gasteiger partial charge in [0.05, 0.1) is 48.2 Å². The molecular formula is C38H43F3N4O5S. The smallest absolute Gasteiger partial charge is 0.416 e. The number of carbonyl (C=O) groups excluding carboxylic acids is 1. The van der Waals surface area contributed by atoms with Crippen molar-refractivity contribution in [3.05, 3.63) is 89.0 Å². The molecule has 2 saturated heterocycles. The van der Waals surface area contributed by atoms with Gasteiger partial charge < -0.3 is 14.8 Å². The molecule has 9 nitrogen and oxygen atoms in total. The first-order chi connectivity index (χ1) is 24.3. The van der Waals surface area contributed by atoms with Crippen LogP contribution in [0.25, 0.3) is 22.2 Å². The number of hydrogen-bond donors (Lipinski definition) is 1. The topological polar surface area (TPSA) is 101 Å². The molecule has 0 unspecified atom stereocenters. The zero-order valence-corrected chi connectivity index (χ0v) is 29.8. The summed E-state index contributed by atoms with van der Waals surface area (Å²) in [5, 5.41) is 3.35. The van der Waals surface area contributed by atoms with Crippen LogP contribution in [0.1, 0.15) is 59.8 Å². The molecule has 272 valence electrons. The number of hydrogen-bond acceptors (Lipinski definition) is 8. The molecule has 4 aromatic rings. The molecule has 2 aliphatic heterocycles. The quantitative estimate of drug-likeness (QED) is 0.198. The fourth-order valence-electron chi connectivity index (χ4n) is 7.15. The Hall–Kier alpha value is -4.04. The number of sulfone groups is 1. The van der Waals surface area contributed by atoms with E-state index in [-0.39, 0.29) is 51.5 Å². The van der Waals surface area contributed by atoms with Gasteiger partial charge in [0.1, 0.15) is 10.6 Å². The van der Waals surface area contributed by atoms with Crippen molar-refractivity contribution in [1.82, 2.24) is 20.1 Å². The zero-order chi connectivity index (χ0) is 36.3. The predicted molar refractivity (Wildman–Crippen MR) is 189 cm³/mol. The summed E-state index contributed by atoms with van der Waals surface area (Å²) in [6.07, 6.45) is -1.86. The third kappa shape index (κ3) is 8.22. The molecule has 1 atom stereocenters. The minimum absolute atomic E-state index is 0.0387. The number of aromatic nitrogens is 1. The number of amides is 1. The number of alkyl halides is 3. The van der Waals surface area contributed by atoms with Crippen LogP contribution in [-0.2, 0) is 27.3 Å². The van der Waals surface area contributed by atoms with Crippen molar-refractivity contribution < 1.29 is 35.9 Å². The molecule has 2 fully saturated rings. The standard InChI is InChI=1S/C38H43F3N4O5S/c1-4-50-32-14-13-30-33(37(46)42-25(2)26-9-6-5-7-10-26)31(24-44-17-15-29(16-18-44)45-19-21-49-22-20-45)34(43-35(30)36(32)51(3,47)48)27-11-8-12-28(23-27)38(39,40)41/h5-14,23,25,29H,4,15-22,24H2,1-3H3,(H,42,46)/t25-/m0/s1. The van der Waals surface area contributed by atoms with Crippen LogP contribution in [-0.4, -0.2) is 87.4 Å². The van der Waals surface area contributed by atoms with E-state index >= 15 is 0 Å². The van der Waals surface area contributed by atoms with Gasteiger partial charge >= 0.3 is 6.18 Å². The van der Waals surface area contributed by atoms with Gasteiger partial charge in [-0.2, -0.15) is 13.2 Å². The second-order valence-electron chi connectivity index (χ2n) is 13.1. The van der Waals surface area contributed by atoms with Gasteiger partial charge in [-0.3, -0.25) is 14.6 Å². The van der Waals surface area contributed by atoms with E-state index < -0.39 is 33.5 Å². The summed E-state index contributed by atoms with van der Waals surface area (Å²) in [6.45, 7) is 8.46. The number of benzene rings is 3. The molecule has 0 aliphatic carbocycles. The minimum atomic E-state index is -4.64. The number of rotatable bonds is 10. The lowest BCUT2D eigenvalue weighted by Crippen LogP contribution is -2.48. The molecule has 0 bridgehead atoms. The molecule has 1 aromatic heterocycles. The maximum absolute atomic E-state index is 14.6. The summed E-state index contributed by atoms with van der Waals surface area (Å²) < 4.78 is 80.3. The summed E-state index contributed by atoms with van der Waals surface area (Å²) in [6, 6.07) is 17.3. The molecule has 0 radical (unpaired) electrons. The van der Waals surface area contributed by atoms with E-state index in [4.69, 9.17) is 14.5 Å². The maximum atomic E-state index is 14.6. The van der Waals surface area contributed by atoms with Crippen molar-refractivity contribution >= 4 is 26.6 Å². The fourth-order valence-corrected chi connectivity index (χ4v) is 8.15. The SMILES string of the molecule is CCOc1ccc2c(C(=O)N[C@@H](C)c3ccccc3)c(CN3CCC(N4CCOCC4)CC3)c(-c3cccc(C(F)(F)F)c3)nc2c1S(C)(=O)=O. The lowest BCUT2D eigenvalue weighted by atomic mass is 9.93. The van der Waals surface area contributed by atoms with Crippen LogP contribution in [0.15, 0.2) is 71.6 Å². The van der Waals surface area contributed by atoms with Crippen LogP contribution in [0, 0.1) is 0 Å². The van der Waals surface area contributed by atoms with E-state index in [1.54, 1.807) is 13.0 Å². The van der Waals surface area contributed by atoms with Crippen molar-refractivity contribution in [2.45, 2.75) is 56.4 Å². The second kappa shape index (κ2) is 15.3. The van der Waals surface area contributed by atoms with Gasteiger partial charge in [0.15, 0.2) is 9.84 Å². The molecule has 13 heteroatoms. The van der Waals surface area contributed by atoms with Gasteiger partial charge in [-0.05, 0) is 69.6 Å². The van der Waals surface area contributed by atoms with Gasteiger partial charge in [-0.25, -0.2) is 13.4 Å². The molecular weight excluding hydrogens is 682 g/mol. The average Bonchev–Trinajstić information content (AvgIpc) is 3.11. The monoisotopic (exact) mass is 724 g/mol. The highest BCUT2D eigenvalue weighted by atomic mass is 32.2. The molecule has 0 saturated carbocycles. The number of ether oxygens (including phenoxy) is 2. The highest BCUT2D eigenvalue weighted by molar-refractivity contribution is 7.91. The van der Waals surface area contributed by atoms with Crippen LogP contribution in [0.2, 0.25) is 0 Å². The van der Waals surface area contributed by atoms with Crippen molar-refractivity contribution in [2.75, 3.05) is 52.3 Å². The first-order valence-corrected chi connectivity index (χ1v) is 19.1. The lowest BCUT2D eigenvalue weighted by Gasteiger charge is -2.40. The van der Waals surface area contributed by atoms with Crippen LogP contribution < -0.4 is 10.1 Å². The summed E-state index contributed by atoms with van der Waals surface area (Å²) in [5.41, 5.74) is 0.754. The number of likely N-dealkylation sites (tertiary alicyclic amines) is 1. The van der Waals surface area contributed by atoms with E-state index in [0.29, 0.717) is 37.9 Å². The average molecular weight is 725 g/mol. The predicted octanol–water partition coefficient (Wildman–Crippen LogP) is 6.51. The van der Waals surface area contributed by atoms with Crippen molar-refractivity contribution in [3.8, 4) is 17.0 Å². The number of fused-ring (bicyclic) bond motifs is 1. The molecule has 0 spiro atoms. The number of nitrogens with one attached hydrogen (secondary N) is 1. The summed E-state index contributed by atoms with van der Waals surface area (Å²) in [5.74, 6) is -0.439. The molecule has 1 N–H and O–H groups in total. The third-order valence-corrected chi connectivity index (χ3v) is 10.8. The Morgan fingerprint density at radius 3 is 2.37 bits per heavy atom. The Balaban J connectivity index is 1.55. The Bertz CT molecular complexity index is 1980. The number of piperidine rings is 1. The van der Waals surface area contributed by atoms with Gasteiger partial charge in [0.2, 0.25) is 0 Å². The largest absolute Gasteiger partial charge is 0.492 e. The number of carbonyl (C=O) groups is 1. The van der Waals surface area contributed by atoms with E-state index in [2.05, 4.69) is 15.1 Å². The molecule has 3 aromatic carbocycles. The van der Waals surface area contributed by atoms with E-state index in [0.717, 1.165) is 49.9 Å². The van der Waals surface area contributed by atoms with Crippen LogP contribution in [0.4, 0.5) is 13.2 Å². The molecule has 1 amide bonds. The van der Waals surface area contributed by atoms with Crippen molar-refractivity contribution in [3.63, 3.8) is 0 Å². The Morgan fingerprint density at radius 1 is 1.02 bits per heavy atom. The Morgan fingerprint density at radius 2 is 1.73 bits per heavy atom. The second-order valence-corrected chi connectivity index (χ2v) is 15.1. The fraction of sp³-hybridized carbons (Fsp3) is 0.421. The summed E-state index contributed by atoms with van der Waals surface area (Å²) >= 11 is 0. The Labute approximate surface area is 296 Å². The van der Waals surface area contributed by atoms with Crippen LogP contribution in [0.5, 0.6) is 5.75 Å². The molecule has 6 rings (SSSR count). The van der Waals surface area contributed by atoms with Crippen LogP contribution >= 0.6 is 0 Å². The van der Waals surface area contributed by atoms with E-state index in [9.17, 15) is 26.4 Å². The number of halogens is 3. The summed E-state index contributed by atoms with van der Waals surface area (Å²) in [4.78, 5) is 23.9. The maximum Gasteiger partial charge on any atom is 0.416 e. The highest BCUT2D eigenvalue weighted by Gasteiger charge is 2.34. The third-order valence-electron chi connectivity index (χ3n) is 9.69. The lowest BCUT2D eigenvalue weighted by molar-refractivity contribution is -0.137. The Kier molecular flexibility index (Phi) is 11.0. The first kappa shape index (κ1) is 36.7. The van der Waals surface area contributed by atoms with Gasteiger partial charge in [-0.1, -0.05) is 42.5 Å². The number of nitrogens with zero attached hydrogens (tertiary/aromatic N) is 3.